The van der Waals surface area contributed by atoms with Gasteiger partial charge in [0.15, 0.2) is 0 Å². The van der Waals surface area contributed by atoms with Crippen molar-refractivity contribution in [1.29, 1.82) is 5.26 Å². The van der Waals surface area contributed by atoms with E-state index in [-0.39, 0.29) is 5.92 Å². The minimum Gasteiger partial charge on any atom is -0.198 e. The van der Waals surface area contributed by atoms with E-state index < -0.39 is 0 Å². The average molecular weight is 185 g/mol. The van der Waals surface area contributed by atoms with Crippen molar-refractivity contribution in [3.63, 3.8) is 0 Å². The van der Waals surface area contributed by atoms with Crippen LogP contribution in [0.15, 0.2) is 30.3 Å². The van der Waals surface area contributed by atoms with E-state index in [4.69, 9.17) is 0 Å². The standard InChI is InChI=1S/C13H15N/c1-10-7-8-12(10)13(9-14)11-5-3-2-4-6-11/h2-6,10,12-13H,7-8H2,1H3. The number of rotatable bonds is 2. The lowest BCUT2D eigenvalue weighted by Gasteiger charge is -2.37. The largest absolute Gasteiger partial charge is 0.198 e. The van der Waals surface area contributed by atoms with Gasteiger partial charge in [0.1, 0.15) is 0 Å². The van der Waals surface area contributed by atoms with Crippen molar-refractivity contribution < 1.29 is 0 Å². The lowest BCUT2D eigenvalue weighted by molar-refractivity contribution is 0.180. The number of hydrogen-bond donors (Lipinski definition) is 0. The summed E-state index contributed by atoms with van der Waals surface area (Å²) in [6.07, 6.45) is 2.50. The van der Waals surface area contributed by atoms with Crippen molar-refractivity contribution in [1.82, 2.24) is 0 Å². The van der Waals surface area contributed by atoms with Gasteiger partial charge in [-0.25, -0.2) is 0 Å². The summed E-state index contributed by atoms with van der Waals surface area (Å²) in [5.74, 6) is 1.42. The van der Waals surface area contributed by atoms with Gasteiger partial charge in [-0.05, 0) is 23.8 Å². The van der Waals surface area contributed by atoms with Gasteiger partial charge >= 0.3 is 0 Å². The fourth-order valence-corrected chi connectivity index (χ4v) is 2.27. The Kier molecular flexibility index (Phi) is 2.54. The minimum absolute atomic E-state index is 0.111. The number of hydrogen-bond acceptors (Lipinski definition) is 1. The molecule has 0 N–H and O–H groups in total. The van der Waals surface area contributed by atoms with Crippen LogP contribution in [0.4, 0.5) is 0 Å². The molecule has 1 heteroatoms. The molecule has 2 rings (SSSR count). The van der Waals surface area contributed by atoms with Gasteiger partial charge in [0.2, 0.25) is 0 Å². The van der Waals surface area contributed by atoms with Crippen LogP contribution in [0.3, 0.4) is 0 Å². The first-order valence-corrected chi connectivity index (χ1v) is 5.27. The van der Waals surface area contributed by atoms with Crippen LogP contribution in [-0.2, 0) is 0 Å². The second kappa shape index (κ2) is 3.84. The summed E-state index contributed by atoms with van der Waals surface area (Å²) < 4.78 is 0. The van der Waals surface area contributed by atoms with Gasteiger partial charge in [0.25, 0.3) is 0 Å². The first kappa shape index (κ1) is 9.27. The van der Waals surface area contributed by atoms with Gasteiger partial charge in [0, 0.05) is 0 Å². The minimum atomic E-state index is 0.111. The Labute approximate surface area is 85.4 Å². The van der Waals surface area contributed by atoms with Crippen molar-refractivity contribution in [3.05, 3.63) is 35.9 Å². The highest BCUT2D eigenvalue weighted by Crippen LogP contribution is 2.43. The Balaban J connectivity index is 2.19. The molecule has 0 radical (unpaired) electrons. The van der Waals surface area contributed by atoms with Crippen LogP contribution in [-0.4, -0.2) is 0 Å². The molecule has 0 aliphatic heterocycles. The molecule has 3 atom stereocenters. The Hall–Kier alpha value is -1.29. The zero-order chi connectivity index (χ0) is 9.97. The second-order valence-electron chi connectivity index (χ2n) is 4.24. The maximum atomic E-state index is 9.18. The maximum Gasteiger partial charge on any atom is 0.0743 e. The molecular formula is C13H15N. The van der Waals surface area contributed by atoms with E-state index in [0.717, 1.165) is 5.92 Å². The monoisotopic (exact) mass is 185 g/mol. The van der Waals surface area contributed by atoms with Crippen LogP contribution >= 0.6 is 0 Å². The van der Waals surface area contributed by atoms with Gasteiger partial charge in [0.05, 0.1) is 12.0 Å². The first-order valence-electron chi connectivity index (χ1n) is 5.27. The molecule has 1 saturated carbocycles. The van der Waals surface area contributed by atoms with Crippen molar-refractivity contribution in [2.45, 2.75) is 25.7 Å². The predicted molar refractivity (Wildman–Crippen MR) is 56.7 cm³/mol. The molecule has 1 aliphatic carbocycles. The third-order valence-electron chi connectivity index (χ3n) is 3.41. The fraction of sp³-hybridized carbons (Fsp3) is 0.462. The van der Waals surface area contributed by atoms with E-state index in [0.29, 0.717) is 5.92 Å². The highest BCUT2D eigenvalue weighted by Gasteiger charge is 2.34. The van der Waals surface area contributed by atoms with Gasteiger partial charge in [-0.15, -0.1) is 0 Å². The van der Waals surface area contributed by atoms with Crippen LogP contribution in [0, 0.1) is 23.2 Å². The van der Waals surface area contributed by atoms with Gasteiger partial charge < -0.3 is 0 Å². The average Bonchev–Trinajstić information content (AvgIpc) is 2.24. The highest BCUT2D eigenvalue weighted by atomic mass is 14.4. The van der Waals surface area contributed by atoms with Crippen LogP contribution in [0.2, 0.25) is 0 Å². The molecule has 1 aromatic rings. The predicted octanol–water partition coefficient (Wildman–Crippen LogP) is 3.34. The van der Waals surface area contributed by atoms with E-state index >= 15 is 0 Å². The Morgan fingerprint density at radius 3 is 2.43 bits per heavy atom. The zero-order valence-corrected chi connectivity index (χ0v) is 8.48. The van der Waals surface area contributed by atoms with Gasteiger partial charge in [-0.3, -0.25) is 0 Å². The Bertz CT molecular complexity index is 336. The van der Waals surface area contributed by atoms with E-state index in [1.54, 1.807) is 0 Å². The van der Waals surface area contributed by atoms with Gasteiger partial charge in [-0.2, -0.15) is 5.26 Å². The van der Waals surface area contributed by atoms with Crippen LogP contribution in [0.1, 0.15) is 31.2 Å². The Morgan fingerprint density at radius 1 is 1.29 bits per heavy atom. The summed E-state index contributed by atoms with van der Waals surface area (Å²) >= 11 is 0. The van der Waals surface area contributed by atoms with E-state index in [9.17, 15) is 5.26 Å². The van der Waals surface area contributed by atoms with E-state index in [1.165, 1.54) is 18.4 Å². The van der Waals surface area contributed by atoms with Crippen molar-refractivity contribution in [2.75, 3.05) is 0 Å². The molecule has 0 aromatic heterocycles. The third-order valence-corrected chi connectivity index (χ3v) is 3.41. The summed E-state index contributed by atoms with van der Waals surface area (Å²) in [5.41, 5.74) is 1.19. The van der Waals surface area contributed by atoms with Crippen LogP contribution in [0.5, 0.6) is 0 Å². The molecule has 1 fully saturated rings. The fourth-order valence-electron chi connectivity index (χ4n) is 2.27. The molecule has 1 aromatic carbocycles. The molecule has 0 spiro atoms. The smallest absolute Gasteiger partial charge is 0.0743 e. The topological polar surface area (TPSA) is 23.8 Å². The molecule has 0 heterocycles. The van der Waals surface area contributed by atoms with Crippen LogP contribution < -0.4 is 0 Å². The first-order chi connectivity index (χ1) is 6.83. The molecule has 72 valence electrons. The maximum absolute atomic E-state index is 9.18. The highest BCUT2D eigenvalue weighted by molar-refractivity contribution is 5.26. The molecule has 1 aliphatic rings. The summed E-state index contributed by atoms with van der Waals surface area (Å²) in [6, 6.07) is 12.6. The number of nitriles is 1. The van der Waals surface area contributed by atoms with E-state index in [2.05, 4.69) is 25.1 Å². The molecule has 14 heavy (non-hydrogen) atoms. The quantitative estimate of drug-likeness (QED) is 0.693. The molecule has 1 nitrogen and oxygen atoms in total. The molecule has 0 bridgehead atoms. The van der Waals surface area contributed by atoms with Crippen molar-refractivity contribution in [3.8, 4) is 6.07 Å². The molecule has 3 unspecified atom stereocenters. The number of benzene rings is 1. The van der Waals surface area contributed by atoms with Gasteiger partial charge in [-0.1, -0.05) is 43.7 Å². The van der Waals surface area contributed by atoms with Crippen LogP contribution in [0.25, 0.3) is 0 Å². The lowest BCUT2D eigenvalue weighted by atomic mass is 9.66. The summed E-state index contributed by atoms with van der Waals surface area (Å²) in [7, 11) is 0. The number of nitrogens with zero attached hydrogens (tertiary/aromatic N) is 1. The summed E-state index contributed by atoms with van der Waals surface area (Å²) in [6.45, 7) is 2.25. The summed E-state index contributed by atoms with van der Waals surface area (Å²) in [4.78, 5) is 0. The normalized spacial score (nSPS) is 27.4. The SMILES string of the molecule is CC1CCC1C(C#N)c1ccccc1. The zero-order valence-electron chi connectivity index (χ0n) is 8.48. The Morgan fingerprint density at radius 2 is 2.00 bits per heavy atom. The molecular weight excluding hydrogens is 170 g/mol. The van der Waals surface area contributed by atoms with Crippen molar-refractivity contribution >= 4 is 0 Å². The van der Waals surface area contributed by atoms with E-state index in [1.807, 2.05) is 18.2 Å². The second-order valence-corrected chi connectivity index (χ2v) is 4.24. The third kappa shape index (κ3) is 1.53. The van der Waals surface area contributed by atoms with Crippen molar-refractivity contribution in [2.24, 2.45) is 11.8 Å². The lowest BCUT2D eigenvalue weighted by Crippen LogP contribution is -2.28. The summed E-state index contributed by atoms with van der Waals surface area (Å²) in [5, 5.41) is 9.18. The molecule has 0 saturated heterocycles. The molecule has 0 amide bonds.